The van der Waals surface area contributed by atoms with Crippen LogP contribution in [0.4, 0.5) is 0 Å². The normalized spacial score (nSPS) is 10.8. The van der Waals surface area contributed by atoms with Crippen LogP contribution in [0.1, 0.15) is 39.8 Å². The van der Waals surface area contributed by atoms with Crippen molar-refractivity contribution in [3.8, 4) is 0 Å². The lowest BCUT2D eigenvalue weighted by Crippen LogP contribution is -2.09. The standard InChI is InChI=1S/C16H19ClN2O/c1-5-13-16(17)14(19(4)18-13)9-15(20)12-7-6-10(2)8-11(12)3/h6-8H,5,9H2,1-4H3. The van der Waals surface area contributed by atoms with Gasteiger partial charge < -0.3 is 0 Å². The molecule has 0 atom stereocenters. The fraction of sp³-hybridized carbons (Fsp3) is 0.375. The molecule has 0 aliphatic heterocycles. The van der Waals surface area contributed by atoms with Crippen LogP contribution in [-0.2, 0) is 19.9 Å². The van der Waals surface area contributed by atoms with Gasteiger partial charge in [0.05, 0.1) is 22.8 Å². The van der Waals surface area contributed by atoms with Crippen LogP contribution in [0.2, 0.25) is 5.02 Å². The number of benzene rings is 1. The van der Waals surface area contributed by atoms with E-state index in [4.69, 9.17) is 11.6 Å². The van der Waals surface area contributed by atoms with Crippen molar-refractivity contribution in [1.29, 1.82) is 0 Å². The first-order chi connectivity index (χ1) is 9.43. The first kappa shape index (κ1) is 14.8. The zero-order valence-corrected chi connectivity index (χ0v) is 13.1. The monoisotopic (exact) mass is 290 g/mol. The SMILES string of the molecule is CCc1nn(C)c(CC(=O)c2ccc(C)cc2C)c1Cl. The van der Waals surface area contributed by atoms with Gasteiger partial charge in [-0.15, -0.1) is 0 Å². The van der Waals surface area contributed by atoms with Crippen molar-refractivity contribution >= 4 is 17.4 Å². The van der Waals surface area contributed by atoms with E-state index in [0.717, 1.165) is 34.5 Å². The Morgan fingerprint density at radius 2 is 2.05 bits per heavy atom. The maximum Gasteiger partial charge on any atom is 0.169 e. The molecule has 0 fully saturated rings. The summed E-state index contributed by atoms with van der Waals surface area (Å²) >= 11 is 6.29. The zero-order chi connectivity index (χ0) is 14.9. The average Bonchev–Trinajstić information content (AvgIpc) is 2.66. The minimum Gasteiger partial charge on any atom is -0.294 e. The highest BCUT2D eigenvalue weighted by Crippen LogP contribution is 2.23. The molecular formula is C16H19ClN2O. The fourth-order valence-corrected chi connectivity index (χ4v) is 2.75. The number of ketones is 1. The summed E-state index contributed by atoms with van der Waals surface area (Å²) in [7, 11) is 1.83. The van der Waals surface area contributed by atoms with Crippen LogP contribution < -0.4 is 0 Å². The number of Topliss-reactive ketones (excluding diaryl/α,β-unsaturated/α-hetero) is 1. The van der Waals surface area contributed by atoms with Crippen LogP contribution in [-0.4, -0.2) is 15.6 Å². The van der Waals surface area contributed by atoms with E-state index in [2.05, 4.69) is 5.10 Å². The quantitative estimate of drug-likeness (QED) is 0.805. The second kappa shape index (κ2) is 5.80. The van der Waals surface area contributed by atoms with Crippen LogP contribution in [0.5, 0.6) is 0 Å². The first-order valence-electron chi connectivity index (χ1n) is 6.74. The minimum atomic E-state index is 0.0788. The summed E-state index contributed by atoms with van der Waals surface area (Å²) in [6.07, 6.45) is 1.05. The van der Waals surface area contributed by atoms with Gasteiger partial charge in [0.2, 0.25) is 0 Å². The van der Waals surface area contributed by atoms with E-state index < -0.39 is 0 Å². The van der Waals surface area contributed by atoms with E-state index in [1.54, 1.807) is 4.68 Å². The topological polar surface area (TPSA) is 34.9 Å². The van der Waals surface area contributed by atoms with Gasteiger partial charge in [0, 0.05) is 12.6 Å². The third kappa shape index (κ3) is 2.78. The van der Waals surface area contributed by atoms with E-state index in [9.17, 15) is 4.79 Å². The highest BCUT2D eigenvalue weighted by molar-refractivity contribution is 6.32. The number of hydrogen-bond acceptors (Lipinski definition) is 2. The molecule has 106 valence electrons. The third-order valence-electron chi connectivity index (χ3n) is 3.51. The molecule has 0 aliphatic rings. The van der Waals surface area contributed by atoms with Gasteiger partial charge in [-0.25, -0.2) is 0 Å². The van der Waals surface area contributed by atoms with Gasteiger partial charge in [0.1, 0.15) is 0 Å². The van der Waals surface area contributed by atoms with Crippen molar-refractivity contribution in [2.75, 3.05) is 0 Å². The molecule has 1 aromatic carbocycles. The van der Waals surface area contributed by atoms with Gasteiger partial charge in [-0.05, 0) is 25.8 Å². The molecule has 1 heterocycles. The smallest absolute Gasteiger partial charge is 0.169 e. The predicted octanol–water partition coefficient (Wildman–Crippen LogP) is 3.68. The number of carbonyl (C=O) groups is 1. The molecule has 0 radical (unpaired) electrons. The summed E-state index contributed by atoms with van der Waals surface area (Å²) in [5.41, 5.74) is 4.55. The molecule has 2 rings (SSSR count). The summed E-state index contributed by atoms with van der Waals surface area (Å²) < 4.78 is 1.71. The number of hydrogen-bond donors (Lipinski definition) is 0. The Hall–Kier alpha value is -1.61. The van der Waals surface area contributed by atoms with Gasteiger partial charge in [0.15, 0.2) is 5.78 Å². The molecule has 0 unspecified atom stereocenters. The number of carbonyl (C=O) groups excluding carboxylic acids is 1. The van der Waals surface area contributed by atoms with Crippen molar-refractivity contribution in [2.45, 2.75) is 33.6 Å². The van der Waals surface area contributed by atoms with E-state index >= 15 is 0 Å². The van der Waals surface area contributed by atoms with Gasteiger partial charge in [-0.1, -0.05) is 42.3 Å². The first-order valence-corrected chi connectivity index (χ1v) is 7.12. The van der Waals surface area contributed by atoms with Gasteiger partial charge in [-0.2, -0.15) is 5.10 Å². The number of rotatable bonds is 4. The molecule has 0 saturated heterocycles. The van der Waals surface area contributed by atoms with Crippen molar-refractivity contribution < 1.29 is 4.79 Å². The number of halogens is 1. The summed E-state index contributed by atoms with van der Waals surface area (Å²) in [6.45, 7) is 5.99. The molecule has 0 aliphatic carbocycles. The lowest BCUT2D eigenvalue weighted by molar-refractivity contribution is 0.0990. The average molecular weight is 291 g/mol. The van der Waals surface area contributed by atoms with Gasteiger partial charge in [-0.3, -0.25) is 9.48 Å². The van der Waals surface area contributed by atoms with Crippen LogP contribution in [0.15, 0.2) is 18.2 Å². The Labute approximate surface area is 124 Å². The molecule has 0 N–H and O–H groups in total. The molecular weight excluding hydrogens is 272 g/mol. The minimum absolute atomic E-state index is 0.0788. The lowest BCUT2D eigenvalue weighted by atomic mass is 9.99. The van der Waals surface area contributed by atoms with Crippen molar-refractivity contribution in [3.63, 3.8) is 0 Å². The number of aryl methyl sites for hydroxylation is 4. The molecule has 2 aromatic rings. The van der Waals surface area contributed by atoms with E-state index in [1.807, 2.05) is 46.0 Å². The maximum absolute atomic E-state index is 12.4. The molecule has 1 aromatic heterocycles. The fourth-order valence-electron chi connectivity index (χ4n) is 2.39. The highest BCUT2D eigenvalue weighted by atomic mass is 35.5. The maximum atomic E-state index is 12.4. The molecule has 4 heteroatoms. The molecule has 20 heavy (non-hydrogen) atoms. The molecule has 0 amide bonds. The van der Waals surface area contributed by atoms with Gasteiger partial charge in [0.25, 0.3) is 0 Å². The number of aromatic nitrogens is 2. The summed E-state index contributed by atoms with van der Waals surface area (Å²) in [5.74, 6) is 0.0788. The molecule has 3 nitrogen and oxygen atoms in total. The van der Waals surface area contributed by atoms with Crippen molar-refractivity contribution in [1.82, 2.24) is 9.78 Å². The molecule has 0 bridgehead atoms. The van der Waals surface area contributed by atoms with E-state index in [0.29, 0.717) is 5.02 Å². The van der Waals surface area contributed by atoms with E-state index in [-0.39, 0.29) is 12.2 Å². The lowest BCUT2D eigenvalue weighted by Gasteiger charge is -2.07. The number of nitrogens with zero attached hydrogens (tertiary/aromatic N) is 2. The Bertz CT molecular complexity index is 659. The molecule has 0 spiro atoms. The predicted molar refractivity (Wildman–Crippen MR) is 81.5 cm³/mol. The summed E-state index contributed by atoms with van der Waals surface area (Å²) in [6, 6.07) is 5.87. The summed E-state index contributed by atoms with van der Waals surface area (Å²) in [4.78, 5) is 12.4. The van der Waals surface area contributed by atoms with Gasteiger partial charge >= 0.3 is 0 Å². The van der Waals surface area contributed by atoms with Crippen molar-refractivity contribution in [3.05, 3.63) is 51.3 Å². The van der Waals surface area contributed by atoms with Crippen LogP contribution in [0.3, 0.4) is 0 Å². The Morgan fingerprint density at radius 1 is 1.35 bits per heavy atom. The van der Waals surface area contributed by atoms with Crippen LogP contribution in [0.25, 0.3) is 0 Å². The highest BCUT2D eigenvalue weighted by Gasteiger charge is 2.18. The second-order valence-corrected chi connectivity index (χ2v) is 5.48. The van der Waals surface area contributed by atoms with Crippen molar-refractivity contribution in [2.24, 2.45) is 7.05 Å². The Morgan fingerprint density at radius 3 is 2.60 bits per heavy atom. The van der Waals surface area contributed by atoms with Crippen LogP contribution in [0, 0.1) is 13.8 Å². The largest absolute Gasteiger partial charge is 0.294 e. The zero-order valence-electron chi connectivity index (χ0n) is 12.3. The third-order valence-corrected chi connectivity index (χ3v) is 3.95. The Kier molecular flexibility index (Phi) is 4.29. The van der Waals surface area contributed by atoms with E-state index in [1.165, 1.54) is 0 Å². The Balaban J connectivity index is 2.30. The second-order valence-electron chi connectivity index (χ2n) is 5.10. The summed E-state index contributed by atoms with van der Waals surface area (Å²) in [5, 5.41) is 4.96. The molecule has 0 saturated carbocycles. The van der Waals surface area contributed by atoms with Crippen LogP contribution >= 0.6 is 11.6 Å².